The molecule has 2 rings (SSSR count). The number of ether oxygens (including phenoxy) is 1. The molecule has 0 amide bonds. The van der Waals surface area contributed by atoms with Crippen molar-refractivity contribution in [2.24, 2.45) is 17.8 Å². The van der Waals surface area contributed by atoms with Gasteiger partial charge in [-0.2, -0.15) is 0 Å². The van der Waals surface area contributed by atoms with Crippen molar-refractivity contribution in [3.63, 3.8) is 0 Å². The molecular weight excluding hydrogens is 236 g/mol. The monoisotopic (exact) mass is 268 g/mol. The van der Waals surface area contributed by atoms with Crippen molar-refractivity contribution in [2.75, 3.05) is 0 Å². The SMILES string of the molecule is CCCC(O)CC1CC(C2CCC(C)CC2)OC1C. The Morgan fingerprint density at radius 2 is 1.84 bits per heavy atom. The highest BCUT2D eigenvalue weighted by Crippen LogP contribution is 2.40. The molecule has 1 N–H and O–H groups in total. The quantitative estimate of drug-likeness (QED) is 0.811. The zero-order valence-electron chi connectivity index (χ0n) is 13.0. The molecule has 0 radical (unpaired) electrons. The molecule has 0 aromatic carbocycles. The Kier molecular flexibility index (Phi) is 5.70. The molecule has 1 aliphatic heterocycles. The Morgan fingerprint density at radius 3 is 2.47 bits per heavy atom. The molecule has 2 nitrogen and oxygen atoms in total. The van der Waals surface area contributed by atoms with Crippen LogP contribution in [0.3, 0.4) is 0 Å². The van der Waals surface area contributed by atoms with Gasteiger partial charge in [0.1, 0.15) is 0 Å². The molecule has 4 atom stereocenters. The van der Waals surface area contributed by atoms with Crippen molar-refractivity contribution < 1.29 is 9.84 Å². The first-order valence-corrected chi connectivity index (χ1v) is 8.43. The van der Waals surface area contributed by atoms with Gasteiger partial charge in [-0.25, -0.2) is 0 Å². The van der Waals surface area contributed by atoms with Crippen LogP contribution in [0.1, 0.15) is 72.1 Å². The molecular formula is C17H32O2. The highest BCUT2D eigenvalue weighted by atomic mass is 16.5. The lowest BCUT2D eigenvalue weighted by Crippen LogP contribution is -2.25. The van der Waals surface area contributed by atoms with Gasteiger partial charge in [0.15, 0.2) is 0 Å². The first-order chi connectivity index (χ1) is 9.10. The van der Waals surface area contributed by atoms with Crippen LogP contribution in [0.4, 0.5) is 0 Å². The number of aliphatic hydroxyl groups excluding tert-OH is 1. The summed E-state index contributed by atoms with van der Waals surface area (Å²) in [6.07, 6.45) is 10.3. The Morgan fingerprint density at radius 1 is 1.16 bits per heavy atom. The summed E-state index contributed by atoms with van der Waals surface area (Å²) >= 11 is 0. The maximum atomic E-state index is 10.0. The average molecular weight is 268 g/mol. The lowest BCUT2D eigenvalue weighted by molar-refractivity contribution is -0.00371. The van der Waals surface area contributed by atoms with Crippen LogP contribution in [0.2, 0.25) is 0 Å². The molecule has 1 saturated heterocycles. The highest BCUT2D eigenvalue weighted by Gasteiger charge is 2.38. The van der Waals surface area contributed by atoms with Crippen LogP contribution in [0, 0.1) is 17.8 Å². The Balaban J connectivity index is 1.80. The molecule has 19 heavy (non-hydrogen) atoms. The normalized spacial score (nSPS) is 41.4. The second kappa shape index (κ2) is 7.08. The molecule has 0 aromatic heterocycles. The zero-order chi connectivity index (χ0) is 13.8. The van der Waals surface area contributed by atoms with Crippen LogP contribution < -0.4 is 0 Å². The van der Waals surface area contributed by atoms with E-state index in [0.29, 0.717) is 18.1 Å². The van der Waals surface area contributed by atoms with Crippen LogP contribution in [-0.4, -0.2) is 23.4 Å². The van der Waals surface area contributed by atoms with Crippen LogP contribution in [0.25, 0.3) is 0 Å². The van der Waals surface area contributed by atoms with Crippen molar-refractivity contribution >= 4 is 0 Å². The van der Waals surface area contributed by atoms with Gasteiger partial charge in [0.25, 0.3) is 0 Å². The van der Waals surface area contributed by atoms with E-state index in [2.05, 4.69) is 20.8 Å². The fourth-order valence-corrected chi connectivity index (χ4v) is 3.98. The summed E-state index contributed by atoms with van der Waals surface area (Å²) < 4.78 is 6.22. The van der Waals surface area contributed by atoms with Crippen molar-refractivity contribution in [2.45, 2.75) is 90.4 Å². The van der Waals surface area contributed by atoms with Gasteiger partial charge in [-0.05, 0) is 56.8 Å². The molecule has 0 spiro atoms. The maximum Gasteiger partial charge on any atom is 0.0610 e. The second-order valence-electron chi connectivity index (χ2n) is 7.07. The molecule has 4 unspecified atom stereocenters. The van der Waals surface area contributed by atoms with E-state index in [1.54, 1.807) is 0 Å². The van der Waals surface area contributed by atoms with E-state index < -0.39 is 0 Å². The smallest absolute Gasteiger partial charge is 0.0610 e. The van der Waals surface area contributed by atoms with Gasteiger partial charge in [0, 0.05) is 0 Å². The average Bonchev–Trinajstić information content (AvgIpc) is 2.72. The number of hydrogen-bond donors (Lipinski definition) is 1. The highest BCUT2D eigenvalue weighted by molar-refractivity contribution is 4.87. The lowest BCUT2D eigenvalue weighted by Gasteiger charge is -2.30. The largest absolute Gasteiger partial charge is 0.393 e. The minimum absolute atomic E-state index is 0.119. The first kappa shape index (κ1) is 15.3. The van der Waals surface area contributed by atoms with Crippen LogP contribution in [-0.2, 0) is 4.74 Å². The molecule has 0 aromatic rings. The molecule has 2 fully saturated rings. The van der Waals surface area contributed by atoms with E-state index in [1.807, 2.05) is 0 Å². The summed E-state index contributed by atoms with van der Waals surface area (Å²) in [5.74, 6) is 2.27. The van der Waals surface area contributed by atoms with Crippen LogP contribution in [0.5, 0.6) is 0 Å². The summed E-state index contributed by atoms with van der Waals surface area (Å²) in [6, 6.07) is 0. The third-order valence-electron chi connectivity index (χ3n) is 5.37. The molecule has 2 aliphatic rings. The van der Waals surface area contributed by atoms with E-state index in [4.69, 9.17) is 4.74 Å². The van der Waals surface area contributed by atoms with E-state index >= 15 is 0 Å². The maximum absolute atomic E-state index is 10.0. The van der Waals surface area contributed by atoms with Crippen LogP contribution >= 0.6 is 0 Å². The van der Waals surface area contributed by atoms with E-state index in [9.17, 15) is 5.11 Å². The number of aliphatic hydroxyl groups is 1. The molecule has 112 valence electrons. The summed E-state index contributed by atoms with van der Waals surface area (Å²) in [6.45, 7) is 6.72. The summed E-state index contributed by atoms with van der Waals surface area (Å²) in [4.78, 5) is 0. The predicted octanol–water partition coefficient (Wildman–Crippen LogP) is 4.16. The van der Waals surface area contributed by atoms with Crippen LogP contribution in [0.15, 0.2) is 0 Å². The molecule has 0 bridgehead atoms. The Hall–Kier alpha value is -0.0800. The van der Waals surface area contributed by atoms with Gasteiger partial charge in [-0.15, -0.1) is 0 Å². The van der Waals surface area contributed by atoms with Gasteiger partial charge < -0.3 is 9.84 Å². The molecule has 2 heteroatoms. The standard InChI is InChI=1S/C17H32O2/c1-4-5-16(18)10-15-11-17(19-13(15)3)14-8-6-12(2)7-9-14/h12-18H,4-11H2,1-3H3. The molecule has 1 aliphatic carbocycles. The minimum atomic E-state index is -0.119. The van der Waals surface area contributed by atoms with E-state index in [0.717, 1.165) is 31.1 Å². The topological polar surface area (TPSA) is 29.5 Å². The summed E-state index contributed by atoms with van der Waals surface area (Å²) in [7, 11) is 0. The summed E-state index contributed by atoms with van der Waals surface area (Å²) in [5.41, 5.74) is 0. The van der Waals surface area contributed by atoms with Gasteiger partial charge in [0.05, 0.1) is 18.3 Å². The van der Waals surface area contributed by atoms with Gasteiger partial charge in [0.2, 0.25) is 0 Å². The van der Waals surface area contributed by atoms with Crippen molar-refractivity contribution in [3.8, 4) is 0 Å². The zero-order valence-corrected chi connectivity index (χ0v) is 13.0. The van der Waals surface area contributed by atoms with Crippen molar-refractivity contribution in [3.05, 3.63) is 0 Å². The van der Waals surface area contributed by atoms with Crippen molar-refractivity contribution in [1.82, 2.24) is 0 Å². The third kappa shape index (κ3) is 4.19. The van der Waals surface area contributed by atoms with Crippen molar-refractivity contribution in [1.29, 1.82) is 0 Å². The van der Waals surface area contributed by atoms with Gasteiger partial charge in [-0.1, -0.05) is 33.1 Å². The number of hydrogen-bond acceptors (Lipinski definition) is 2. The van der Waals surface area contributed by atoms with E-state index in [-0.39, 0.29) is 6.10 Å². The molecule has 1 heterocycles. The van der Waals surface area contributed by atoms with Gasteiger partial charge >= 0.3 is 0 Å². The van der Waals surface area contributed by atoms with E-state index in [1.165, 1.54) is 32.1 Å². The number of rotatable bonds is 5. The Bertz CT molecular complexity index is 258. The molecule has 1 saturated carbocycles. The first-order valence-electron chi connectivity index (χ1n) is 8.43. The Labute approximate surface area is 118 Å². The second-order valence-corrected chi connectivity index (χ2v) is 7.07. The van der Waals surface area contributed by atoms with Gasteiger partial charge in [-0.3, -0.25) is 0 Å². The summed E-state index contributed by atoms with van der Waals surface area (Å²) in [5, 5.41) is 10.0. The fraction of sp³-hybridized carbons (Fsp3) is 1.00. The lowest BCUT2D eigenvalue weighted by atomic mass is 9.78. The fourth-order valence-electron chi connectivity index (χ4n) is 3.98. The third-order valence-corrected chi connectivity index (χ3v) is 5.37. The minimum Gasteiger partial charge on any atom is -0.393 e. The predicted molar refractivity (Wildman–Crippen MR) is 79.1 cm³/mol.